The first kappa shape index (κ1) is 28.2. The van der Waals surface area contributed by atoms with E-state index in [4.69, 9.17) is 4.74 Å². The molecule has 32 heavy (non-hydrogen) atoms. The van der Waals surface area contributed by atoms with Gasteiger partial charge in [0.1, 0.15) is 0 Å². The molecule has 0 aliphatic carbocycles. The van der Waals surface area contributed by atoms with Crippen molar-refractivity contribution < 1.29 is 19.4 Å². The highest BCUT2D eigenvalue weighted by Gasteiger charge is 2.21. The molecule has 1 saturated heterocycles. The van der Waals surface area contributed by atoms with Gasteiger partial charge in [-0.15, -0.1) is 0 Å². The summed E-state index contributed by atoms with van der Waals surface area (Å²) in [4.78, 5) is 24.2. The molecule has 1 heterocycles. The van der Waals surface area contributed by atoms with E-state index in [1.54, 1.807) is 12.1 Å². The minimum atomic E-state index is -1.05. The first-order valence-corrected chi connectivity index (χ1v) is 12.8. The van der Waals surface area contributed by atoms with E-state index in [0.717, 1.165) is 37.7 Å². The Balaban J connectivity index is 0.00000114. The average Bonchev–Trinajstić information content (AvgIpc) is 2.73. The second kappa shape index (κ2) is 18.7. The summed E-state index contributed by atoms with van der Waals surface area (Å²) >= 11 is 0. The molecule has 0 unspecified atom stereocenters. The highest BCUT2D eigenvalue weighted by molar-refractivity contribution is 6.03. The van der Waals surface area contributed by atoms with E-state index >= 15 is 0 Å². The van der Waals surface area contributed by atoms with Gasteiger partial charge in [0.25, 0.3) is 0 Å². The van der Waals surface area contributed by atoms with Crippen LogP contribution in [0.25, 0.3) is 0 Å². The number of unbranched alkanes of at least 4 members (excludes halogenated alkanes) is 10. The number of hydrogen-bond acceptors (Lipinski definition) is 4. The number of carboxylic acid groups (broad SMARTS) is 1. The van der Waals surface area contributed by atoms with Crippen molar-refractivity contribution in [1.29, 1.82) is 0 Å². The van der Waals surface area contributed by atoms with Crippen LogP contribution in [0.15, 0.2) is 18.2 Å². The molecule has 5 nitrogen and oxygen atoms in total. The molecular weight excluding hydrogens is 402 g/mol. The lowest BCUT2D eigenvalue weighted by Crippen LogP contribution is -2.29. The van der Waals surface area contributed by atoms with Crippen molar-refractivity contribution in [2.75, 3.05) is 19.7 Å². The van der Waals surface area contributed by atoms with E-state index in [1.165, 1.54) is 64.5 Å². The van der Waals surface area contributed by atoms with Crippen LogP contribution in [0.2, 0.25) is 0 Å². The Kier molecular flexibility index (Phi) is 16.4. The van der Waals surface area contributed by atoms with Gasteiger partial charge in [0.05, 0.1) is 17.7 Å². The Hall–Kier alpha value is -1.88. The van der Waals surface area contributed by atoms with Crippen molar-refractivity contribution in [2.24, 2.45) is 0 Å². The van der Waals surface area contributed by atoms with Crippen molar-refractivity contribution in [3.8, 4) is 0 Å². The minimum absolute atomic E-state index is 0.115. The molecule has 0 aromatic heterocycles. The predicted molar refractivity (Wildman–Crippen MR) is 132 cm³/mol. The number of carbonyl (C=O) groups excluding carboxylic acids is 1. The van der Waals surface area contributed by atoms with E-state index in [2.05, 4.69) is 19.2 Å². The Bertz CT molecular complexity index is 637. The van der Waals surface area contributed by atoms with Crippen molar-refractivity contribution >= 4 is 11.9 Å². The maximum atomic E-state index is 12.4. The molecule has 182 valence electrons. The number of aryl methyl sites for hydroxylation is 1. The molecule has 0 spiro atoms. The average molecular weight is 448 g/mol. The minimum Gasteiger partial charge on any atom is -0.478 e. The molecule has 0 radical (unpaired) electrons. The van der Waals surface area contributed by atoms with Gasteiger partial charge in [-0.2, -0.15) is 0 Å². The number of carbonyl (C=O) groups is 2. The van der Waals surface area contributed by atoms with Gasteiger partial charge in [0.2, 0.25) is 0 Å². The maximum absolute atomic E-state index is 12.4. The number of esters is 1. The van der Waals surface area contributed by atoms with Gasteiger partial charge in [-0.1, -0.05) is 90.2 Å². The highest BCUT2D eigenvalue weighted by atomic mass is 16.5. The fourth-order valence-corrected chi connectivity index (χ4v) is 3.63. The number of carboxylic acids is 1. The van der Waals surface area contributed by atoms with Crippen LogP contribution in [0.1, 0.15) is 124 Å². The third-order valence-corrected chi connectivity index (χ3v) is 5.82. The van der Waals surface area contributed by atoms with E-state index in [1.807, 2.05) is 6.07 Å². The van der Waals surface area contributed by atoms with E-state index in [-0.39, 0.29) is 11.1 Å². The fraction of sp³-hybridized carbons (Fsp3) is 0.704. The van der Waals surface area contributed by atoms with Crippen molar-refractivity contribution in [2.45, 2.75) is 104 Å². The first-order chi connectivity index (χ1) is 15.6. The largest absolute Gasteiger partial charge is 0.478 e. The maximum Gasteiger partial charge on any atom is 0.339 e. The van der Waals surface area contributed by atoms with Crippen LogP contribution in [0.5, 0.6) is 0 Å². The third kappa shape index (κ3) is 12.2. The topological polar surface area (TPSA) is 75.6 Å². The molecule has 2 N–H and O–H groups in total. The molecule has 5 heteroatoms. The summed E-state index contributed by atoms with van der Waals surface area (Å²) < 4.78 is 5.35. The summed E-state index contributed by atoms with van der Waals surface area (Å²) in [6.45, 7) is 7.23. The molecule has 1 aliphatic rings. The number of rotatable bonds is 16. The first-order valence-electron chi connectivity index (χ1n) is 12.8. The van der Waals surface area contributed by atoms with E-state index in [9.17, 15) is 14.7 Å². The van der Waals surface area contributed by atoms with E-state index in [0.29, 0.717) is 13.0 Å². The van der Waals surface area contributed by atoms with Gasteiger partial charge >= 0.3 is 11.9 Å². The normalized spacial score (nSPS) is 12.4. The second-order valence-electron chi connectivity index (χ2n) is 8.67. The Labute approximate surface area is 195 Å². The molecule has 0 amide bonds. The van der Waals surface area contributed by atoms with Gasteiger partial charge in [-0.3, -0.25) is 0 Å². The smallest absolute Gasteiger partial charge is 0.339 e. The molecule has 0 atom stereocenters. The molecule has 2 rings (SSSR count). The molecule has 0 saturated carbocycles. The van der Waals surface area contributed by atoms with Crippen molar-refractivity contribution in [1.82, 2.24) is 5.32 Å². The zero-order valence-electron chi connectivity index (χ0n) is 20.4. The Morgan fingerprint density at radius 2 is 1.41 bits per heavy atom. The molecule has 1 fully saturated rings. The van der Waals surface area contributed by atoms with Gasteiger partial charge in [-0.05, 0) is 50.4 Å². The van der Waals surface area contributed by atoms with Crippen LogP contribution in [-0.4, -0.2) is 36.7 Å². The van der Waals surface area contributed by atoms with Crippen molar-refractivity contribution in [3.63, 3.8) is 0 Å². The lowest BCUT2D eigenvalue weighted by Gasteiger charge is -2.12. The summed E-state index contributed by atoms with van der Waals surface area (Å²) in [5.41, 5.74) is 1.03. The summed E-state index contributed by atoms with van der Waals surface area (Å²) in [6.07, 6.45) is 15.7. The SMILES string of the molecule is C1CNC1.CCCCCCCCOC(=O)c1cccc(CCCCCCCC)c1C(=O)O. The van der Waals surface area contributed by atoms with Crippen LogP contribution in [0.3, 0.4) is 0 Å². The standard InChI is InChI=1S/C24H38O4.C3H7N/c1-3-5-7-9-11-13-16-20-17-15-18-21(22(20)23(25)26)24(27)28-19-14-12-10-8-6-4-2;1-2-4-3-1/h15,17-18H,3-14,16,19H2,1-2H3,(H,25,26);4H,1-3H2. The molecule has 1 aliphatic heterocycles. The zero-order valence-corrected chi connectivity index (χ0v) is 20.4. The number of hydrogen-bond donors (Lipinski definition) is 2. The van der Waals surface area contributed by atoms with Crippen LogP contribution in [0.4, 0.5) is 0 Å². The van der Waals surface area contributed by atoms with Gasteiger partial charge in [-0.25, -0.2) is 9.59 Å². The van der Waals surface area contributed by atoms with Crippen LogP contribution < -0.4 is 5.32 Å². The lowest BCUT2D eigenvalue weighted by molar-refractivity contribution is 0.0487. The molecule has 1 aromatic carbocycles. The molecular formula is C27H45NO4. The van der Waals surface area contributed by atoms with Gasteiger partial charge < -0.3 is 15.2 Å². The number of nitrogens with one attached hydrogen (secondary N) is 1. The lowest BCUT2D eigenvalue weighted by atomic mass is 9.96. The van der Waals surface area contributed by atoms with E-state index < -0.39 is 11.9 Å². The van der Waals surface area contributed by atoms with Gasteiger partial charge in [0.15, 0.2) is 0 Å². The summed E-state index contributed by atoms with van der Waals surface area (Å²) in [5, 5.41) is 12.8. The Morgan fingerprint density at radius 1 is 0.875 bits per heavy atom. The summed E-state index contributed by atoms with van der Waals surface area (Å²) in [6, 6.07) is 5.15. The predicted octanol–water partition coefficient (Wildman–Crippen LogP) is 6.78. The van der Waals surface area contributed by atoms with Gasteiger partial charge in [0, 0.05) is 0 Å². The highest BCUT2D eigenvalue weighted by Crippen LogP contribution is 2.20. The second-order valence-corrected chi connectivity index (χ2v) is 8.67. The quantitative estimate of drug-likeness (QED) is 0.216. The number of benzene rings is 1. The zero-order chi connectivity index (χ0) is 23.4. The monoisotopic (exact) mass is 447 g/mol. The number of ether oxygens (including phenoxy) is 1. The summed E-state index contributed by atoms with van der Waals surface area (Å²) in [7, 11) is 0. The summed E-state index contributed by atoms with van der Waals surface area (Å²) in [5.74, 6) is -1.57. The fourth-order valence-electron chi connectivity index (χ4n) is 3.63. The number of aromatic carboxylic acids is 1. The van der Waals surface area contributed by atoms with Crippen LogP contribution >= 0.6 is 0 Å². The molecule has 0 bridgehead atoms. The van der Waals surface area contributed by atoms with Crippen LogP contribution in [-0.2, 0) is 11.2 Å². The third-order valence-electron chi connectivity index (χ3n) is 5.82. The molecule has 1 aromatic rings. The Morgan fingerprint density at radius 3 is 1.94 bits per heavy atom. The van der Waals surface area contributed by atoms with Crippen LogP contribution in [0, 0.1) is 0 Å². The van der Waals surface area contributed by atoms with Crippen molar-refractivity contribution in [3.05, 3.63) is 34.9 Å².